The van der Waals surface area contributed by atoms with Gasteiger partial charge in [0.2, 0.25) is 5.78 Å². The van der Waals surface area contributed by atoms with Gasteiger partial charge in [-0.15, -0.1) is 0 Å². The molecule has 8 nitrogen and oxygen atoms in total. The molecule has 0 aliphatic rings. The molecule has 0 N–H and O–H groups in total. The summed E-state index contributed by atoms with van der Waals surface area (Å²) in [5.41, 5.74) is 1.48. The SMILES string of the molecule is CCOC(=O)C(N(Cc1ccccc1)C(=O)OCc1ccccc1)P(=O)(OCC)OCC. The first kappa shape index (κ1) is 25.6. The lowest BCUT2D eigenvalue weighted by atomic mass is 10.2. The van der Waals surface area contributed by atoms with Crippen molar-refractivity contribution in [3.05, 3.63) is 71.8 Å². The van der Waals surface area contributed by atoms with Crippen LogP contribution in [0.3, 0.4) is 0 Å². The quantitative estimate of drug-likeness (QED) is 0.324. The number of esters is 1. The van der Waals surface area contributed by atoms with E-state index in [-0.39, 0.29) is 33.0 Å². The van der Waals surface area contributed by atoms with Gasteiger partial charge < -0.3 is 18.5 Å². The van der Waals surface area contributed by atoms with E-state index in [0.29, 0.717) is 5.56 Å². The Balaban J connectivity index is 2.43. The second-order valence-electron chi connectivity index (χ2n) is 6.65. The van der Waals surface area contributed by atoms with Crippen molar-refractivity contribution >= 4 is 19.7 Å². The van der Waals surface area contributed by atoms with Gasteiger partial charge in [0.1, 0.15) is 6.61 Å². The zero-order valence-electron chi connectivity index (χ0n) is 18.6. The molecule has 1 unspecified atom stereocenters. The van der Waals surface area contributed by atoms with Gasteiger partial charge in [-0.1, -0.05) is 60.7 Å². The normalized spacial score (nSPS) is 12.1. The Morgan fingerprint density at radius 3 is 1.84 bits per heavy atom. The first-order valence-corrected chi connectivity index (χ1v) is 12.1. The Bertz CT molecular complexity index is 882. The van der Waals surface area contributed by atoms with Crippen LogP contribution in [0.2, 0.25) is 0 Å². The van der Waals surface area contributed by atoms with Crippen molar-refractivity contribution in [3.63, 3.8) is 0 Å². The Morgan fingerprint density at radius 2 is 1.34 bits per heavy atom. The molecule has 9 heteroatoms. The monoisotopic (exact) mass is 463 g/mol. The summed E-state index contributed by atoms with van der Waals surface area (Å²) in [4.78, 5) is 27.2. The first-order chi connectivity index (χ1) is 15.4. The molecular weight excluding hydrogens is 433 g/mol. The van der Waals surface area contributed by atoms with E-state index in [2.05, 4.69) is 0 Å². The molecule has 0 saturated heterocycles. The number of carbonyl (C=O) groups excluding carboxylic acids is 2. The van der Waals surface area contributed by atoms with E-state index in [1.54, 1.807) is 45.0 Å². The van der Waals surface area contributed by atoms with Crippen molar-refractivity contribution in [1.82, 2.24) is 4.90 Å². The molecule has 0 aliphatic carbocycles. The Morgan fingerprint density at radius 1 is 0.812 bits per heavy atom. The van der Waals surface area contributed by atoms with Crippen molar-refractivity contribution in [3.8, 4) is 0 Å². The number of ether oxygens (including phenoxy) is 2. The van der Waals surface area contributed by atoms with E-state index in [1.807, 2.05) is 36.4 Å². The molecule has 0 fully saturated rings. The maximum Gasteiger partial charge on any atom is 0.411 e. The van der Waals surface area contributed by atoms with Crippen LogP contribution in [-0.2, 0) is 41.0 Å². The minimum atomic E-state index is -4.11. The summed E-state index contributed by atoms with van der Waals surface area (Å²) in [5.74, 6) is -2.50. The fraction of sp³-hybridized carbons (Fsp3) is 0.391. The van der Waals surface area contributed by atoms with E-state index in [0.717, 1.165) is 10.5 Å². The summed E-state index contributed by atoms with van der Waals surface area (Å²) in [6, 6.07) is 18.1. The summed E-state index contributed by atoms with van der Waals surface area (Å²) >= 11 is 0. The largest absolute Gasteiger partial charge is 0.464 e. The van der Waals surface area contributed by atoms with Crippen LogP contribution in [0.5, 0.6) is 0 Å². The summed E-state index contributed by atoms with van der Waals surface area (Å²) in [7, 11) is -4.11. The first-order valence-electron chi connectivity index (χ1n) is 10.5. The lowest BCUT2D eigenvalue weighted by Crippen LogP contribution is -2.46. The number of amides is 1. The van der Waals surface area contributed by atoms with Gasteiger partial charge in [-0.3, -0.25) is 9.46 Å². The fourth-order valence-electron chi connectivity index (χ4n) is 3.02. The lowest BCUT2D eigenvalue weighted by molar-refractivity contribution is -0.146. The second kappa shape index (κ2) is 13.0. The maximum atomic E-state index is 13.6. The summed E-state index contributed by atoms with van der Waals surface area (Å²) < 4.78 is 35.1. The van der Waals surface area contributed by atoms with Gasteiger partial charge in [-0.05, 0) is 31.9 Å². The van der Waals surface area contributed by atoms with E-state index in [9.17, 15) is 14.2 Å². The highest BCUT2D eigenvalue weighted by atomic mass is 31.2. The lowest BCUT2D eigenvalue weighted by Gasteiger charge is -2.33. The number of rotatable bonds is 12. The maximum absolute atomic E-state index is 13.6. The van der Waals surface area contributed by atoms with E-state index in [4.69, 9.17) is 18.5 Å². The molecule has 0 bridgehead atoms. The van der Waals surface area contributed by atoms with Crippen LogP contribution in [0.4, 0.5) is 4.79 Å². The number of hydrogen-bond acceptors (Lipinski definition) is 7. The highest BCUT2D eigenvalue weighted by molar-refractivity contribution is 7.55. The van der Waals surface area contributed by atoms with Crippen LogP contribution in [-0.4, -0.2) is 42.6 Å². The molecule has 2 aromatic carbocycles. The van der Waals surface area contributed by atoms with Crippen molar-refractivity contribution in [2.45, 2.75) is 39.7 Å². The molecule has 174 valence electrons. The third-order valence-corrected chi connectivity index (χ3v) is 6.67. The summed E-state index contributed by atoms with van der Waals surface area (Å²) in [6.45, 7) is 4.88. The molecule has 1 atom stereocenters. The van der Waals surface area contributed by atoms with Gasteiger partial charge >= 0.3 is 19.7 Å². The molecule has 2 aromatic rings. The minimum absolute atomic E-state index is 0.0193. The number of carbonyl (C=O) groups is 2. The van der Waals surface area contributed by atoms with Crippen molar-refractivity contribution in [1.29, 1.82) is 0 Å². The standard InChI is InChI=1S/C23H30NO7P/c1-4-28-22(25)21(32(27,30-5-2)31-6-3)24(17-19-13-9-7-10-14-19)23(26)29-18-20-15-11-8-12-16-20/h7-16,21H,4-6,17-18H2,1-3H3. The molecule has 0 heterocycles. The highest BCUT2D eigenvalue weighted by Crippen LogP contribution is 2.55. The molecule has 0 spiro atoms. The van der Waals surface area contributed by atoms with E-state index in [1.165, 1.54) is 0 Å². The Hall–Kier alpha value is -2.67. The van der Waals surface area contributed by atoms with Crippen LogP contribution in [0, 0.1) is 0 Å². The van der Waals surface area contributed by atoms with Crippen LogP contribution in [0.15, 0.2) is 60.7 Å². The zero-order chi connectivity index (χ0) is 23.4. The van der Waals surface area contributed by atoms with Crippen molar-refractivity contribution in [2.24, 2.45) is 0 Å². The third-order valence-electron chi connectivity index (χ3n) is 4.35. The zero-order valence-corrected chi connectivity index (χ0v) is 19.5. The molecular formula is C23H30NO7P. The Labute approximate surface area is 189 Å². The van der Waals surface area contributed by atoms with Crippen LogP contribution in [0.25, 0.3) is 0 Å². The number of hydrogen-bond donors (Lipinski definition) is 0. The molecule has 32 heavy (non-hydrogen) atoms. The van der Waals surface area contributed by atoms with Gasteiger partial charge in [0, 0.05) is 0 Å². The molecule has 0 aromatic heterocycles. The third kappa shape index (κ3) is 7.19. The van der Waals surface area contributed by atoms with Gasteiger partial charge in [-0.25, -0.2) is 9.59 Å². The topological polar surface area (TPSA) is 91.4 Å². The van der Waals surface area contributed by atoms with Gasteiger partial charge in [0.15, 0.2) is 0 Å². The molecule has 1 amide bonds. The summed E-state index contributed by atoms with van der Waals surface area (Å²) in [5, 5.41) is 0. The number of benzene rings is 2. The second-order valence-corrected chi connectivity index (χ2v) is 8.74. The van der Waals surface area contributed by atoms with Crippen LogP contribution < -0.4 is 0 Å². The van der Waals surface area contributed by atoms with Gasteiger partial charge in [-0.2, -0.15) is 0 Å². The fourth-order valence-corrected chi connectivity index (χ4v) is 4.94. The highest BCUT2D eigenvalue weighted by Gasteiger charge is 2.49. The molecule has 0 radical (unpaired) electrons. The van der Waals surface area contributed by atoms with Crippen molar-refractivity contribution < 1.29 is 32.7 Å². The van der Waals surface area contributed by atoms with E-state index < -0.39 is 25.4 Å². The predicted octanol–water partition coefficient (Wildman–Crippen LogP) is 4.98. The van der Waals surface area contributed by atoms with Crippen molar-refractivity contribution in [2.75, 3.05) is 19.8 Å². The average Bonchev–Trinajstić information content (AvgIpc) is 2.79. The minimum Gasteiger partial charge on any atom is -0.464 e. The molecule has 0 saturated carbocycles. The smallest absolute Gasteiger partial charge is 0.411 e. The van der Waals surface area contributed by atoms with Crippen LogP contribution >= 0.6 is 7.60 Å². The average molecular weight is 463 g/mol. The predicted molar refractivity (Wildman–Crippen MR) is 120 cm³/mol. The summed E-state index contributed by atoms with van der Waals surface area (Å²) in [6.07, 6.45) is -0.838. The van der Waals surface area contributed by atoms with Crippen LogP contribution in [0.1, 0.15) is 31.9 Å². The molecule has 2 rings (SSSR count). The van der Waals surface area contributed by atoms with Gasteiger partial charge in [0.05, 0.1) is 26.4 Å². The number of nitrogens with zero attached hydrogens (tertiary/aromatic N) is 1. The van der Waals surface area contributed by atoms with Gasteiger partial charge in [0.25, 0.3) is 0 Å². The molecule has 0 aliphatic heterocycles. The Kier molecular flexibility index (Phi) is 10.4. The van der Waals surface area contributed by atoms with E-state index >= 15 is 0 Å².